The Morgan fingerprint density at radius 1 is 0.364 bits per heavy atom. The van der Waals surface area contributed by atoms with Crippen LogP contribution in [0.1, 0.15) is 6.92 Å². The topological polar surface area (TPSA) is 467 Å². The molecule has 30 heteroatoms. The Balaban J connectivity index is -0.0000000480. The van der Waals surface area contributed by atoms with Gasteiger partial charge in [0.2, 0.25) is 0 Å². The van der Waals surface area contributed by atoms with Crippen LogP contribution < -0.4 is 0 Å². The molecule has 0 fully saturated rings. The largest absolute Gasteiger partial charge is 0.466 e. The van der Waals surface area contributed by atoms with Crippen molar-refractivity contribution in [3.05, 3.63) is 12.7 Å². The first-order valence-corrected chi connectivity index (χ1v) is 15.1. The first-order valence-electron chi connectivity index (χ1n) is 5.68. The van der Waals surface area contributed by atoms with Crippen molar-refractivity contribution in [2.75, 3.05) is 0 Å². The molecule has 0 aromatic heterocycles. The van der Waals surface area contributed by atoms with E-state index in [-0.39, 0.29) is 0 Å². The highest BCUT2D eigenvalue weighted by Gasteiger charge is 2.02. The van der Waals surface area contributed by atoms with Crippen molar-refractivity contribution in [1.29, 1.82) is 0 Å². The summed E-state index contributed by atoms with van der Waals surface area (Å²) in [5.74, 6) is 0. The smallest absolute Gasteiger partial charge is 0.303 e. The summed E-state index contributed by atoms with van der Waals surface area (Å²) in [5, 5.41) is 0. The second-order valence-corrected chi connectivity index (χ2v) is 9.65. The second-order valence-electron chi connectivity index (χ2n) is 3.49. The van der Waals surface area contributed by atoms with Crippen molar-refractivity contribution < 1.29 is 115 Å². The molecule has 0 bridgehead atoms. The van der Waals surface area contributed by atoms with E-state index in [9.17, 15) is 0 Å². The first-order chi connectivity index (χ1) is 13.4. The first kappa shape index (κ1) is 50.3. The summed E-state index contributed by atoms with van der Waals surface area (Å²) in [6.07, 6.45) is 1.75. The third-order valence-electron chi connectivity index (χ3n) is 0. The SMILES string of the molecule is C=CC.O=P(O)(O)O.O=P(O)(O)O.O=P(O)(O)O.O=P(O)(O)O.O=P(O)(O)O.O=P(O)(O)O. The molecule has 0 spiro atoms. The van der Waals surface area contributed by atoms with Crippen LogP contribution in [0.15, 0.2) is 12.7 Å². The maximum atomic E-state index is 8.88. The molecule has 0 unspecified atom stereocenters. The maximum absolute atomic E-state index is 8.88. The van der Waals surface area contributed by atoms with Crippen molar-refractivity contribution in [2.45, 2.75) is 6.92 Å². The van der Waals surface area contributed by atoms with E-state index in [1.54, 1.807) is 6.08 Å². The number of rotatable bonds is 0. The molecule has 0 heterocycles. The standard InChI is InChI=1S/C3H6.6H3O4P/c1-3-2;6*1-5(2,3)4/h3H,1H2,2H3;6*(H3,1,2,3,4). The van der Waals surface area contributed by atoms with Gasteiger partial charge in [0, 0.05) is 0 Å². The van der Waals surface area contributed by atoms with Crippen LogP contribution in [-0.2, 0) is 27.4 Å². The molecule has 0 saturated carbocycles. The van der Waals surface area contributed by atoms with Crippen LogP contribution in [0.5, 0.6) is 0 Å². The molecule has 24 nitrogen and oxygen atoms in total. The fraction of sp³-hybridized carbons (Fsp3) is 0.333. The minimum Gasteiger partial charge on any atom is -0.303 e. The van der Waals surface area contributed by atoms with Gasteiger partial charge in [-0.05, 0) is 6.92 Å². The van der Waals surface area contributed by atoms with Gasteiger partial charge in [-0.15, -0.1) is 6.58 Å². The molecule has 0 atom stereocenters. The molecule has 0 aromatic carbocycles. The quantitative estimate of drug-likeness (QED) is 0.0887. The molecule has 0 saturated heterocycles. The molecule has 0 rings (SSSR count). The second kappa shape index (κ2) is 22.8. The Morgan fingerprint density at radius 3 is 0.364 bits per heavy atom. The normalized spacial score (nSPS) is 11.1. The van der Waals surface area contributed by atoms with Gasteiger partial charge < -0.3 is 88.1 Å². The number of hydrogen-bond acceptors (Lipinski definition) is 6. The molecule has 0 aromatic rings. The summed E-state index contributed by atoms with van der Waals surface area (Å²) in [5.41, 5.74) is 0. The third kappa shape index (κ3) is 187000. The van der Waals surface area contributed by atoms with Crippen molar-refractivity contribution in [1.82, 2.24) is 0 Å². The number of phosphoric acid groups is 6. The summed E-state index contributed by atoms with van der Waals surface area (Å²) in [7, 11) is -27.8. The van der Waals surface area contributed by atoms with E-state index < -0.39 is 46.9 Å². The zero-order valence-electron chi connectivity index (χ0n) is 15.5. The predicted octanol–water partition coefficient (Wildman–Crippen LogP) is -4.38. The molecule has 0 aliphatic heterocycles. The average molecular weight is 630 g/mol. The molecule has 0 aliphatic carbocycles. The highest BCUT2D eigenvalue weighted by molar-refractivity contribution is 7.46. The Bertz CT molecular complexity index is 511. The van der Waals surface area contributed by atoms with Crippen LogP contribution in [-0.4, -0.2) is 88.1 Å². The molecule has 210 valence electrons. The lowest BCUT2D eigenvalue weighted by Crippen LogP contribution is -1.66. The van der Waals surface area contributed by atoms with Gasteiger partial charge in [-0.1, -0.05) is 6.08 Å². The molecule has 0 amide bonds. The number of allylic oxidation sites excluding steroid dienone is 1. The van der Waals surface area contributed by atoms with Gasteiger partial charge in [0.05, 0.1) is 0 Å². The van der Waals surface area contributed by atoms with Crippen molar-refractivity contribution >= 4 is 46.9 Å². The highest BCUT2D eigenvalue weighted by atomic mass is 31.2. The Morgan fingerprint density at radius 2 is 0.364 bits per heavy atom. The minimum absolute atomic E-state index is 1.75. The van der Waals surface area contributed by atoms with Crippen LogP contribution in [0.4, 0.5) is 0 Å². The molecular formula is C3H24O24P6. The number of hydrogen-bond donors (Lipinski definition) is 18. The van der Waals surface area contributed by atoms with Gasteiger partial charge in [-0.3, -0.25) is 0 Å². The zero-order chi connectivity index (χ0) is 29.7. The molecule has 18 N–H and O–H groups in total. The van der Waals surface area contributed by atoms with E-state index in [0.29, 0.717) is 0 Å². The summed E-state index contributed by atoms with van der Waals surface area (Å²) in [6.45, 7) is 5.25. The van der Waals surface area contributed by atoms with Gasteiger partial charge >= 0.3 is 46.9 Å². The monoisotopic (exact) mass is 630 g/mol. The Kier molecular flexibility index (Phi) is 34.8. The summed E-state index contributed by atoms with van der Waals surface area (Å²) >= 11 is 0. The third-order valence-corrected chi connectivity index (χ3v) is 0. The van der Waals surface area contributed by atoms with Crippen molar-refractivity contribution in [3.63, 3.8) is 0 Å². The molecule has 0 aliphatic rings. The minimum atomic E-state index is -4.64. The summed E-state index contributed by atoms with van der Waals surface area (Å²) in [6, 6.07) is 0. The van der Waals surface area contributed by atoms with Gasteiger partial charge in [0.1, 0.15) is 0 Å². The van der Waals surface area contributed by atoms with E-state index in [2.05, 4.69) is 6.58 Å². The predicted molar refractivity (Wildman–Crippen MR) is 101 cm³/mol. The van der Waals surface area contributed by atoms with Crippen molar-refractivity contribution in [3.8, 4) is 0 Å². The van der Waals surface area contributed by atoms with E-state index in [1.165, 1.54) is 0 Å². The fourth-order valence-electron chi connectivity index (χ4n) is 0. The summed E-state index contributed by atoms with van der Waals surface area (Å²) in [4.78, 5) is 129. The highest BCUT2D eigenvalue weighted by Crippen LogP contribution is 2.27. The molecular weight excluding hydrogens is 606 g/mol. The zero-order valence-corrected chi connectivity index (χ0v) is 20.8. The van der Waals surface area contributed by atoms with Crippen LogP contribution in [0.3, 0.4) is 0 Å². The van der Waals surface area contributed by atoms with E-state index in [4.69, 9.17) is 115 Å². The van der Waals surface area contributed by atoms with E-state index in [0.717, 1.165) is 0 Å². The van der Waals surface area contributed by atoms with Crippen molar-refractivity contribution in [2.24, 2.45) is 0 Å². The van der Waals surface area contributed by atoms with Gasteiger partial charge in [0.25, 0.3) is 0 Å². The van der Waals surface area contributed by atoms with Gasteiger partial charge in [-0.2, -0.15) is 0 Å². The van der Waals surface area contributed by atoms with Crippen LogP contribution in [0.25, 0.3) is 0 Å². The van der Waals surface area contributed by atoms with Gasteiger partial charge in [-0.25, -0.2) is 27.4 Å². The fourth-order valence-corrected chi connectivity index (χ4v) is 0. The van der Waals surface area contributed by atoms with Crippen LogP contribution >= 0.6 is 46.9 Å². The Labute approximate surface area is 182 Å². The Hall–Kier alpha value is 0.400. The lowest BCUT2D eigenvalue weighted by molar-refractivity contribution is 0.272. The summed E-state index contributed by atoms with van der Waals surface area (Å²) < 4.78 is 53.3. The van der Waals surface area contributed by atoms with Crippen LogP contribution in [0.2, 0.25) is 0 Å². The lowest BCUT2D eigenvalue weighted by atomic mass is 10.8. The van der Waals surface area contributed by atoms with E-state index in [1.807, 2.05) is 6.92 Å². The van der Waals surface area contributed by atoms with Gasteiger partial charge in [0.15, 0.2) is 0 Å². The molecule has 33 heavy (non-hydrogen) atoms. The van der Waals surface area contributed by atoms with E-state index >= 15 is 0 Å². The maximum Gasteiger partial charge on any atom is 0.466 e. The average Bonchev–Trinajstić information content (AvgIpc) is 2.11. The molecule has 0 radical (unpaired) electrons. The lowest BCUT2D eigenvalue weighted by Gasteiger charge is -1.82. The van der Waals surface area contributed by atoms with Crippen LogP contribution in [0, 0.1) is 0 Å².